The fourth-order valence-electron chi connectivity index (χ4n) is 1.11. The minimum Gasteiger partial charge on any atom is -0.492 e. The molecule has 0 aliphatic heterocycles. The molecule has 0 aliphatic carbocycles. The van der Waals surface area contributed by atoms with Gasteiger partial charge in [0.25, 0.3) is 5.69 Å². The molecular weight excluding hydrogens is 230 g/mol. The third-order valence-electron chi connectivity index (χ3n) is 1.88. The SMILES string of the molecule is CSCCOc1ccc([N+](=O)[O-])cc1C=O. The Bertz CT molecular complexity index is 394. The number of rotatable bonds is 6. The molecule has 0 bridgehead atoms. The summed E-state index contributed by atoms with van der Waals surface area (Å²) in [4.78, 5) is 20.7. The number of nitrogens with zero attached hydrogens (tertiary/aromatic N) is 1. The molecule has 0 radical (unpaired) electrons. The monoisotopic (exact) mass is 241 g/mol. The topological polar surface area (TPSA) is 69.4 Å². The van der Waals surface area contributed by atoms with E-state index in [1.165, 1.54) is 18.2 Å². The number of aldehydes is 1. The van der Waals surface area contributed by atoms with Crippen LogP contribution in [0.2, 0.25) is 0 Å². The standard InChI is InChI=1S/C10H11NO4S/c1-16-5-4-15-10-3-2-9(11(13)14)6-8(10)7-12/h2-3,6-7H,4-5H2,1H3. The van der Waals surface area contributed by atoms with Crippen molar-refractivity contribution in [3.8, 4) is 5.75 Å². The van der Waals surface area contributed by atoms with E-state index in [1.54, 1.807) is 11.8 Å². The van der Waals surface area contributed by atoms with Gasteiger partial charge in [0.15, 0.2) is 6.29 Å². The number of carbonyl (C=O) groups excluding carboxylic acids is 1. The van der Waals surface area contributed by atoms with Crippen molar-refractivity contribution >= 4 is 23.7 Å². The van der Waals surface area contributed by atoms with Gasteiger partial charge in [0.05, 0.1) is 17.1 Å². The molecule has 0 atom stereocenters. The molecule has 86 valence electrons. The van der Waals surface area contributed by atoms with Gasteiger partial charge in [-0.05, 0) is 12.3 Å². The Morgan fingerprint density at radius 2 is 2.31 bits per heavy atom. The average Bonchev–Trinajstić information content (AvgIpc) is 2.29. The van der Waals surface area contributed by atoms with Crippen LogP contribution in [0.5, 0.6) is 5.75 Å². The molecule has 16 heavy (non-hydrogen) atoms. The molecule has 6 heteroatoms. The highest BCUT2D eigenvalue weighted by Gasteiger charge is 2.10. The minimum absolute atomic E-state index is 0.112. The van der Waals surface area contributed by atoms with E-state index in [0.29, 0.717) is 18.6 Å². The molecule has 0 fully saturated rings. The summed E-state index contributed by atoms with van der Waals surface area (Å²) in [5, 5.41) is 10.5. The zero-order valence-corrected chi connectivity index (χ0v) is 9.53. The van der Waals surface area contributed by atoms with Crippen LogP contribution >= 0.6 is 11.8 Å². The van der Waals surface area contributed by atoms with Crippen LogP contribution < -0.4 is 4.74 Å². The van der Waals surface area contributed by atoms with Crippen molar-refractivity contribution in [2.45, 2.75) is 0 Å². The number of thioether (sulfide) groups is 1. The molecule has 0 amide bonds. The first-order valence-electron chi connectivity index (χ1n) is 4.54. The van der Waals surface area contributed by atoms with Gasteiger partial charge in [-0.3, -0.25) is 14.9 Å². The molecule has 0 saturated heterocycles. The van der Waals surface area contributed by atoms with E-state index in [-0.39, 0.29) is 11.3 Å². The second kappa shape index (κ2) is 6.12. The van der Waals surface area contributed by atoms with Crippen LogP contribution in [0.15, 0.2) is 18.2 Å². The second-order valence-corrected chi connectivity index (χ2v) is 3.92. The molecule has 1 aromatic carbocycles. The van der Waals surface area contributed by atoms with Gasteiger partial charge in [-0.1, -0.05) is 0 Å². The van der Waals surface area contributed by atoms with E-state index >= 15 is 0 Å². The van der Waals surface area contributed by atoms with Crippen molar-refractivity contribution < 1.29 is 14.5 Å². The first kappa shape index (κ1) is 12.5. The lowest BCUT2D eigenvalue weighted by Gasteiger charge is -2.06. The first-order chi connectivity index (χ1) is 7.69. The van der Waals surface area contributed by atoms with Crippen LogP contribution in [-0.4, -0.2) is 29.8 Å². The molecule has 1 aromatic rings. The molecule has 0 aliphatic rings. The summed E-state index contributed by atoms with van der Waals surface area (Å²) in [5.41, 5.74) is 0.0922. The third-order valence-corrected chi connectivity index (χ3v) is 2.45. The van der Waals surface area contributed by atoms with Gasteiger partial charge in [0.2, 0.25) is 0 Å². The molecule has 0 heterocycles. The third kappa shape index (κ3) is 3.23. The number of nitro groups is 1. The van der Waals surface area contributed by atoms with Gasteiger partial charge >= 0.3 is 0 Å². The van der Waals surface area contributed by atoms with E-state index in [0.717, 1.165) is 5.75 Å². The Labute approximate surface area is 96.9 Å². The van der Waals surface area contributed by atoms with Crippen LogP contribution in [0.3, 0.4) is 0 Å². The van der Waals surface area contributed by atoms with Crippen LogP contribution in [0.4, 0.5) is 5.69 Å². The lowest BCUT2D eigenvalue weighted by atomic mass is 10.2. The molecule has 1 rings (SSSR count). The lowest BCUT2D eigenvalue weighted by molar-refractivity contribution is -0.384. The Balaban J connectivity index is 2.84. The molecule has 0 unspecified atom stereocenters. The van der Waals surface area contributed by atoms with Crippen molar-refractivity contribution in [3.05, 3.63) is 33.9 Å². The first-order valence-corrected chi connectivity index (χ1v) is 5.93. The van der Waals surface area contributed by atoms with Crippen LogP contribution in [-0.2, 0) is 0 Å². The smallest absolute Gasteiger partial charge is 0.270 e. The normalized spacial score (nSPS) is 9.81. The van der Waals surface area contributed by atoms with E-state index in [4.69, 9.17) is 4.74 Å². The van der Waals surface area contributed by atoms with E-state index in [2.05, 4.69) is 0 Å². The summed E-state index contributed by atoms with van der Waals surface area (Å²) >= 11 is 1.62. The number of nitro benzene ring substituents is 1. The fourth-order valence-corrected chi connectivity index (χ4v) is 1.36. The molecule has 5 nitrogen and oxygen atoms in total. The average molecular weight is 241 g/mol. The van der Waals surface area contributed by atoms with Gasteiger partial charge < -0.3 is 4.74 Å². The maximum absolute atomic E-state index is 10.7. The molecule has 0 aromatic heterocycles. The Hall–Kier alpha value is -1.56. The summed E-state index contributed by atoms with van der Waals surface area (Å²) in [5.74, 6) is 1.18. The predicted octanol–water partition coefficient (Wildman–Crippen LogP) is 2.15. The molecular formula is C10H11NO4S. The van der Waals surface area contributed by atoms with Gasteiger partial charge in [0.1, 0.15) is 5.75 Å². The van der Waals surface area contributed by atoms with Crippen molar-refractivity contribution in [3.63, 3.8) is 0 Å². The fraction of sp³-hybridized carbons (Fsp3) is 0.300. The highest BCUT2D eigenvalue weighted by Crippen LogP contribution is 2.22. The molecule has 0 saturated carbocycles. The Kier molecular flexibility index (Phi) is 4.78. The summed E-state index contributed by atoms with van der Waals surface area (Å²) in [6.45, 7) is 0.472. The van der Waals surface area contributed by atoms with Crippen molar-refractivity contribution in [2.24, 2.45) is 0 Å². The van der Waals surface area contributed by atoms with E-state index < -0.39 is 4.92 Å². The quantitative estimate of drug-likeness (QED) is 0.330. The maximum atomic E-state index is 10.7. The van der Waals surface area contributed by atoms with Crippen LogP contribution in [0.1, 0.15) is 10.4 Å². The second-order valence-electron chi connectivity index (χ2n) is 2.94. The summed E-state index contributed by atoms with van der Waals surface area (Å²) in [7, 11) is 0. The molecule has 0 N–H and O–H groups in total. The van der Waals surface area contributed by atoms with E-state index in [9.17, 15) is 14.9 Å². The number of hydrogen-bond acceptors (Lipinski definition) is 5. The van der Waals surface area contributed by atoms with Crippen molar-refractivity contribution in [1.29, 1.82) is 0 Å². The number of carbonyl (C=O) groups is 1. The Morgan fingerprint density at radius 1 is 1.56 bits per heavy atom. The van der Waals surface area contributed by atoms with Crippen molar-refractivity contribution in [2.75, 3.05) is 18.6 Å². The van der Waals surface area contributed by atoms with E-state index in [1.807, 2.05) is 6.26 Å². The zero-order chi connectivity index (χ0) is 12.0. The van der Waals surface area contributed by atoms with Crippen LogP contribution in [0.25, 0.3) is 0 Å². The number of non-ortho nitro benzene ring substituents is 1. The summed E-state index contributed by atoms with van der Waals surface area (Å²) in [6, 6.07) is 3.98. The lowest BCUT2D eigenvalue weighted by Crippen LogP contribution is -2.02. The highest BCUT2D eigenvalue weighted by atomic mass is 32.2. The summed E-state index contributed by atoms with van der Waals surface area (Å²) < 4.78 is 5.33. The van der Waals surface area contributed by atoms with Crippen LogP contribution in [0, 0.1) is 10.1 Å². The van der Waals surface area contributed by atoms with Gasteiger partial charge in [-0.2, -0.15) is 11.8 Å². The minimum atomic E-state index is -0.543. The highest BCUT2D eigenvalue weighted by molar-refractivity contribution is 7.98. The van der Waals surface area contributed by atoms with Gasteiger partial charge in [0, 0.05) is 17.9 Å². The van der Waals surface area contributed by atoms with Gasteiger partial charge in [-0.25, -0.2) is 0 Å². The number of hydrogen-bond donors (Lipinski definition) is 0. The largest absolute Gasteiger partial charge is 0.492 e. The van der Waals surface area contributed by atoms with Crippen molar-refractivity contribution in [1.82, 2.24) is 0 Å². The summed E-state index contributed by atoms with van der Waals surface area (Å²) in [6.07, 6.45) is 2.50. The maximum Gasteiger partial charge on any atom is 0.270 e. The predicted molar refractivity (Wildman–Crippen MR) is 62.4 cm³/mol. The Morgan fingerprint density at radius 3 is 2.88 bits per heavy atom. The number of ether oxygens (including phenoxy) is 1. The van der Waals surface area contributed by atoms with Gasteiger partial charge in [-0.15, -0.1) is 0 Å². The number of benzene rings is 1. The zero-order valence-electron chi connectivity index (χ0n) is 8.71. The molecule has 0 spiro atoms.